The molecule has 114 valence electrons. The van der Waals surface area contributed by atoms with Gasteiger partial charge in [0.25, 0.3) is 0 Å². The Bertz CT molecular complexity index is 530. The number of aliphatic hydroxyl groups is 1. The quantitative estimate of drug-likeness (QED) is 0.927. The maximum absolute atomic E-state index is 13.2. The Labute approximate surface area is 123 Å². The minimum absolute atomic E-state index is 0.00873. The molecule has 1 amide bonds. The number of rotatable bonds is 3. The minimum Gasteiger partial charge on any atom is -0.388 e. The van der Waals surface area contributed by atoms with Crippen molar-refractivity contribution in [2.24, 2.45) is 0 Å². The highest BCUT2D eigenvalue weighted by molar-refractivity contribution is 5.78. The van der Waals surface area contributed by atoms with Crippen LogP contribution in [0.4, 0.5) is 4.39 Å². The van der Waals surface area contributed by atoms with E-state index in [1.807, 2.05) is 4.90 Å². The van der Waals surface area contributed by atoms with Crippen LogP contribution in [0.25, 0.3) is 0 Å². The van der Waals surface area contributed by atoms with Crippen molar-refractivity contribution in [2.45, 2.75) is 37.3 Å². The highest BCUT2D eigenvalue weighted by Crippen LogP contribution is 2.40. The summed E-state index contributed by atoms with van der Waals surface area (Å²) >= 11 is 0. The first-order chi connectivity index (χ1) is 10.1. The summed E-state index contributed by atoms with van der Waals surface area (Å²) < 4.78 is 18.7. The van der Waals surface area contributed by atoms with Gasteiger partial charge in [-0.3, -0.25) is 4.79 Å². The number of carbonyl (C=O) groups is 1. The minimum atomic E-state index is -0.965. The summed E-state index contributed by atoms with van der Waals surface area (Å²) in [6, 6.07) is 5.78. The molecule has 4 nitrogen and oxygen atoms in total. The summed E-state index contributed by atoms with van der Waals surface area (Å²) in [5.41, 5.74) is 0.288. The summed E-state index contributed by atoms with van der Waals surface area (Å²) in [4.78, 5) is 14.4. The van der Waals surface area contributed by atoms with Crippen LogP contribution < -0.4 is 0 Å². The van der Waals surface area contributed by atoms with E-state index < -0.39 is 11.9 Å². The fraction of sp³-hybridized carbons (Fsp3) is 0.562. The van der Waals surface area contributed by atoms with Gasteiger partial charge in [0.2, 0.25) is 5.91 Å². The van der Waals surface area contributed by atoms with Crippen molar-refractivity contribution >= 4 is 5.91 Å². The number of morpholine rings is 1. The Morgan fingerprint density at radius 2 is 2.29 bits per heavy atom. The number of ether oxygens (including phenoxy) is 1. The van der Waals surface area contributed by atoms with E-state index in [-0.39, 0.29) is 17.9 Å². The second-order valence-electron chi connectivity index (χ2n) is 5.95. The molecule has 1 saturated heterocycles. The SMILES string of the molecule is O=C(CC(O)c1cccc(F)c1)N1CCOCC12CCC2. The molecule has 2 fully saturated rings. The highest BCUT2D eigenvalue weighted by atomic mass is 19.1. The third-order valence-corrected chi connectivity index (χ3v) is 4.59. The van der Waals surface area contributed by atoms with Crippen LogP contribution >= 0.6 is 0 Å². The van der Waals surface area contributed by atoms with Gasteiger partial charge in [0.15, 0.2) is 0 Å². The van der Waals surface area contributed by atoms with Crippen LogP contribution in [0.15, 0.2) is 24.3 Å². The van der Waals surface area contributed by atoms with Crippen LogP contribution in [0.5, 0.6) is 0 Å². The van der Waals surface area contributed by atoms with Gasteiger partial charge in [-0.2, -0.15) is 0 Å². The number of amides is 1. The number of hydrogen-bond donors (Lipinski definition) is 1. The van der Waals surface area contributed by atoms with E-state index in [0.29, 0.717) is 25.3 Å². The van der Waals surface area contributed by atoms with Gasteiger partial charge < -0.3 is 14.7 Å². The van der Waals surface area contributed by atoms with E-state index in [1.54, 1.807) is 12.1 Å². The molecule has 1 saturated carbocycles. The molecule has 1 N–H and O–H groups in total. The number of aliphatic hydroxyl groups excluding tert-OH is 1. The molecule has 1 atom stereocenters. The van der Waals surface area contributed by atoms with Crippen LogP contribution in [0.3, 0.4) is 0 Å². The zero-order valence-corrected chi connectivity index (χ0v) is 11.9. The van der Waals surface area contributed by atoms with Crippen molar-refractivity contribution in [3.8, 4) is 0 Å². The second kappa shape index (κ2) is 5.73. The first kappa shape index (κ1) is 14.5. The molecule has 1 aromatic carbocycles. The molecule has 0 radical (unpaired) electrons. The smallest absolute Gasteiger partial charge is 0.226 e. The molecule has 1 aliphatic carbocycles. The number of benzene rings is 1. The lowest BCUT2D eigenvalue weighted by Crippen LogP contribution is -2.62. The fourth-order valence-corrected chi connectivity index (χ4v) is 3.23. The maximum atomic E-state index is 13.2. The largest absolute Gasteiger partial charge is 0.388 e. The third kappa shape index (κ3) is 2.80. The van der Waals surface area contributed by atoms with Crippen LogP contribution in [0.2, 0.25) is 0 Å². The Morgan fingerprint density at radius 1 is 1.48 bits per heavy atom. The standard InChI is InChI=1S/C16H20FNO3/c17-13-4-1-3-12(9-13)14(19)10-15(20)18-7-8-21-11-16(18)5-2-6-16/h1,3-4,9,14,19H,2,5-8,10-11H2. The van der Waals surface area contributed by atoms with E-state index in [2.05, 4.69) is 0 Å². The van der Waals surface area contributed by atoms with Crippen molar-refractivity contribution in [1.82, 2.24) is 4.90 Å². The zero-order valence-electron chi connectivity index (χ0n) is 11.9. The van der Waals surface area contributed by atoms with E-state index in [1.165, 1.54) is 12.1 Å². The van der Waals surface area contributed by atoms with Crippen LogP contribution in [-0.4, -0.2) is 41.2 Å². The summed E-state index contributed by atoms with van der Waals surface area (Å²) in [5.74, 6) is -0.476. The topological polar surface area (TPSA) is 49.8 Å². The second-order valence-corrected chi connectivity index (χ2v) is 5.95. The van der Waals surface area contributed by atoms with Gasteiger partial charge in [0, 0.05) is 6.54 Å². The van der Waals surface area contributed by atoms with Gasteiger partial charge in [-0.1, -0.05) is 12.1 Å². The van der Waals surface area contributed by atoms with Gasteiger partial charge in [-0.25, -0.2) is 4.39 Å². The first-order valence-electron chi connectivity index (χ1n) is 7.42. The summed E-state index contributed by atoms with van der Waals surface area (Å²) in [5, 5.41) is 10.2. The average Bonchev–Trinajstić information content (AvgIpc) is 2.45. The molecule has 5 heteroatoms. The van der Waals surface area contributed by atoms with Gasteiger partial charge >= 0.3 is 0 Å². The molecule has 0 aromatic heterocycles. The van der Waals surface area contributed by atoms with Crippen LogP contribution in [0, 0.1) is 5.82 Å². The van der Waals surface area contributed by atoms with Gasteiger partial charge in [-0.15, -0.1) is 0 Å². The third-order valence-electron chi connectivity index (χ3n) is 4.59. The molecular weight excluding hydrogens is 273 g/mol. The number of halogens is 1. The van der Waals surface area contributed by atoms with E-state index in [0.717, 1.165) is 19.3 Å². The number of hydrogen-bond acceptors (Lipinski definition) is 3. The predicted molar refractivity (Wildman–Crippen MR) is 75.1 cm³/mol. The summed E-state index contributed by atoms with van der Waals surface area (Å²) in [6.07, 6.45) is 2.07. The van der Waals surface area contributed by atoms with Crippen molar-refractivity contribution < 1.29 is 19.0 Å². The predicted octanol–water partition coefficient (Wildman–Crippen LogP) is 2.03. The molecule has 2 aliphatic rings. The Balaban J connectivity index is 1.68. The number of nitrogens with zero attached hydrogens (tertiary/aromatic N) is 1. The van der Waals surface area contributed by atoms with Crippen molar-refractivity contribution in [2.75, 3.05) is 19.8 Å². The lowest BCUT2D eigenvalue weighted by molar-refractivity contribution is -0.160. The summed E-state index contributed by atoms with van der Waals surface area (Å²) in [6.45, 7) is 1.72. The molecule has 1 heterocycles. The molecular formula is C16H20FNO3. The van der Waals surface area contributed by atoms with Gasteiger partial charge in [0.05, 0.1) is 31.3 Å². The Hall–Kier alpha value is -1.46. The molecule has 0 bridgehead atoms. The van der Waals surface area contributed by atoms with Crippen LogP contribution in [-0.2, 0) is 9.53 Å². The van der Waals surface area contributed by atoms with E-state index in [9.17, 15) is 14.3 Å². The monoisotopic (exact) mass is 293 g/mol. The summed E-state index contributed by atoms with van der Waals surface area (Å²) in [7, 11) is 0. The Morgan fingerprint density at radius 3 is 2.95 bits per heavy atom. The molecule has 3 rings (SSSR count). The lowest BCUT2D eigenvalue weighted by atomic mass is 9.75. The molecule has 1 aliphatic heterocycles. The maximum Gasteiger partial charge on any atom is 0.226 e. The normalized spacial score (nSPS) is 21.9. The molecule has 1 aromatic rings. The molecule has 21 heavy (non-hydrogen) atoms. The van der Waals surface area contributed by atoms with E-state index >= 15 is 0 Å². The first-order valence-corrected chi connectivity index (χ1v) is 7.42. The van der Waals surface area contributed by atoms with Gasteiger partial charge in [0.1, 0.15) is 5.82 Å². The highest BCUT2D eigenvalue weighted by Gasteiger charge is 2.46. The average molecular weight is 293 g/mol. The number of carbonyl (C=O) groups excluding carboxylic acids is 1. The molecule has 1 unspecified atom stereocenters. The lowest BCUT2D eigenvalue weighted by Gasteiger charge is -2.52. The zero-order chi connectivity index (χ0) is 14.9. The Kier molecular flexibility index (Phi) is 3.95. The van der Waals surface area contributed by atoms with Crippen molar-refractivity contribution in [1.29, 1.82) is 0 Å². The van der Waals surface area contributed by atoms with Crippen molar-refractivity contribution in [3.05, 3.63) is 35.6 Å². The molecule has 1 spiro atoms. The van der Waals surface area contributed by atoms with Crippen LogP contribution in [0.1, 0.15) is 37.4 Å². The van der Waals surface area contributed by atoms with Crippen molar-refractivity contribution in [3.63, 3.8) is 0 Å². The van der Waals surface area contributed by atoms with E-state index in [4.69, 9.17) is 4.74 Å². The fourth-order valence-electron chi connectivity index (χ4n) is 3.23. The van der Waals surface area contributed by atoms with Gasteiger partial charge in [-0.05, 0) is 37.0 Å².